The zero-order valence-corrected chi connectivity index (χ0v) is 6.97. The normalized spacial score (nSPS) is 19.5. The van der Waals surface area contributed by atoms with E-state index in [1.807, 2.05) is 0 Å². The molecule has 0 spiro atoms. The van der Waals surface area contributed by atoms with Gasteiger partial charge in [-0.15, -0.1) is 0 Å². The van der Waals surface area contributed by atoms with Crippen molar-refractivity contribution in [2.75, 3.05) is 13.2 Å². The molecular formula is C9H9NO3. The molecule has 1 aromatic rings. The number of aromatic nitrogens is 1. The van der Waals surface area contributed by atoms with Gasteiger partial charge in [0.2, 0.25) is 0 Å². The Balaban J connectivity index is 1.89. The molecule has 2 heterocycles. The van der Waals surface area contributed by atoms with Gasteiger partial charge in [-0.25, -0.2) is 4.79 Å². The van der Waals surface area contributed by atoms with Gasteiger partial charge in [0, 0.05) is 12.4 Å². The number of rotatable bonds is 3. The van der Waals surface area contributed by atoms with Gasteiger partial charge >= 0.3 is 5.97 Å². The van der Waals surface area contributed by atoms with Gasteiger partial charge < -0.3 is 9.47 Å². The van der Waals surface area contributed by atoms with Crippen molar-refractivity contribution in [1.82, 2.24) is 4.98 Å². The number of hydrogen-bond donors (Lipinski definition) is 0. The SMILES string of the molecule is O=C(OC[C@H]1CO1)c1ccncc1. The van der Waals surface area contributed by atoms with E-state index >= 15 is 0 Å². The molecule has 0 aromatic carbocycles. The van der Waals surface area contributed by atoms with E-state index in [0.717, 1.165) is 0 Å². The molecule has 0 bridgehead atoms. The summed E-state index contributed by atoms with van der Waals surface area (Å²) >= 11 is 0. The Kier molecular flexibility index (Phi) is 2.23. The van der Waals surface area contributed by atoms with Crippen LogP contribution in [0.1, 0.15) is 10.4 Å². The van der Waals surface area contributed by atoms with Crippen molar-refractivity contribution < 1.29 is 14.3 Å². The second-order valence-corrected chi connectivity index (χ2v) is 2.79. The highest BCUT2D eigenvalue weighted by Crippen LogP contribution is 2.10. The topological polar surface area (TPSA) is 51.7 Å². The summed E-state index contributed by atoms with van der Waals surface area (Å²) in [6, 6.07) is 3.24. The van der Waals surface area contributed by atoms with Crippen molar-refractivity contribution in [3.63, 3.8) is 0 Å². The average molecular weight is 179 g/mol. The molecule has 0 aliphatic carbocycles. The lowest BCUT2D eigenvalue weighted by molar-refractivity contribution is 0.0476. The van der Waals surface area contributed by atoms with Crippen molar-refractivity contribution in [2.45, 2.75) is 6.10 Å². The Labute approximate surface area is 75.5 Å². The summed E-state index contributed by atoms with van der Waals surface area (Å²) in [5, 5.41) is 0. The molecule has 0 unspecified atom stereocenters. The van der Waals surface area contributed by atoms with Crippen LogP contribution in [0, 0.1) is 0 Å². The lowest BCUT2D eigenvalue weighted by Crippen LogP contribution is -2.09. The van der Waals surface area contributed by atoms with Crippen LogP contribution in [0.2, 0.25) is 0 Å². The van der Waals surface area contributed by atoms with Crippen LogP contribution in [-0.4, -0.2) is 30.3 Å². The van der Waals surface area contributed by atoms with E-state index in [4.69, 9.17) is 9.47 Å². The fourth-order valence-corrected chi connectivity index (χ4v) is 0.904. The monoisotopic (exact) mass is 179 g/mol. The molecule has 4 nitrogen and oxygen atoms in total. The number of nitrogens with zero attached hydrogens (tertiary/aromatic N) is 1. The number of ether oxygens (including phenoxy) is 2. The minimum atomic E-state index is -0.321. The Hall–Kier alpha value is -1.42. The summed E-state index contributed by atoms with van der Waals surface area (Å²) in [6.07, 6.45) is 3.24. The van der Waals surface area contributed by atoms with E-state index in [2.05, 4.69) is 4.98 Å². The van der Waals surface area contributed by atoms with Crippen LogP contribution in [0.5, 0.6) is 0 Å². The zero-order chi connectivity index (χ0) is 9.10. The minimum Gasteiger partial charge on any atom is -0.459 e. The Morgan fingerprint density at radius 1 is 1.62 bits per heavy atom. The van der Waals surface area contributed by atoms with Crippen molar-refractivity contribution in [1.29, 1.82) is 0 Å². The summed E-state index contributed by atoms with van der Waals surface area (Å²) in [5.41, 5.74) is 0.524. The molecule has 1 aromatic heterocycles. The molecular weight excluding hydrogens is 170 g/mol. The predicted molar refractivity (Wildman–Crippen MR) is 44.3 cm³/mol. The molecule has 1 aliphatic rings. The molecule has 13 heavy (non-hydrogen) atoms. The zero-order valence-electron chi connectivity index (χ0n) is 6.97. The fourth-order valence-electron chi connectivity index (χ4n) is 0.904. The molecule has 1 aliphatic heterocycles. The third-order valence-corrected chi connectivity index (χ3v) is 1.72. The van der Waals surface area contributed by atoms with Gasteiger partial charge in [0.1, 0.15) is 12.7 Å². The lowest BCUT2D eigenvalue weighted by Gasteiger charge is -2.00. The van der Waals surface area contributed by atoms with Gasteiger partial charge in [0.15, 0.2) is 0 Å². The van der Waals surface area contributed by atoms with Crippen LogP contribution in [0.4, 0.5) is 0 Å². The fraction of sp³-hybridized carbons (Fsp3) is 0.333. The first-order valence-corrected chi connectivity index (χ1v) is 4.05. The van der Waals surface area contributed by atoms with Crippen molar-refractivity contribution >= 4 is 5.97 Å². The first kappa shape index (κ1) is 8.19. The van der Waals surface area contributed by atoms with E-state index in [9.17, 15) is 4.79 Å². The van der Waals surface area contributed by atoms with E-state index in [1.54, 1.807) is 24.5 Å². The Bertz CT molecular complexity index is 295. The molecule has 1 saturated heterocycles. The maximum Gasteiger partial charge on any atom is 0.338 e. The highest BCUT2D eigenvalue weighted by molar-refractivity contribution is 5.89. The Morgan fingerprint density at radius 2 is 2.31 bits per heavy atom. The molecule has 1 fully saturated rings. The van der Waals surface area contributed by atoms with Crippen LogP contribution in [0.15, 0.2) is 24.5 Å². The van der Waals surface area contributed by atoms with Gasteiger partial charge in [0.25, 0.3) is 0 Å². The first-order valence-electron chi connectivity index (χ1n) is 4.05. The van der Waals surface area contributed by atoms with Crippen LogP contribution in [0.25, 0.3) is 0 Å². The smallest absolute Gasteiger partial charge is 0.338 e. The second kappa shape index (κ2) is 3.53. The second-order valence-electron chi connectivity index (χ2n) is 2.79. The van der Waals surface area contributed by atoms with Gasteiger partial charge in [-0.05, 0) is 12.1 Å². The third kappa shape index (κ3) is 2.26. The van der Waals surface area contributed by atoms with Crippen molar-refractivity contribution in [2.24, 2.45) is 0 Å². The van der Waals surface area contributed by atoms with E-state index in [-0.39, 0.29) is 12.1 Å². The molecule has 0 amide bonds. The van der Waals surface area contributed by atoms with Gasteiger partial charge in [-0.1, -0.05) is 0 Å². The Morgan fingerprint density at radius 3 is 2.92 bits per heavy atom. The first-order chi connectivity index (χ1) is 6.36. The highest BCUT2D eigenvalue weighted by atomic mass is 16.6. The highest BCUT2D eigenvalue weighted by Gasteiger charge is 2.24. The van der Waals surface area contributed by atoms with Crippen molar-refractivity contribution in [3.8, 4) is 0 Å². The van der Waals surface area contributed by atoms with Crippen LogP contribution in [-0.2, 0) is 9.47 Å². The lowest BCUT2D eigenvalue weighted by atomic mass is 10.3. The van der Waals surface area contributed by atoms with E-state index < -0.39 is 0 Å². The predicted octanol–water partition coefficient (Wildman–Crippen LogP) is 0.637. The molecule has 4 heteroatoms. The van der Waals surface area contributed by atoms with Crippen LogP contribution >= 0.6 is 0 Å². The number of pyridine rings is 1. The molecule has 2 rings (SSSR count). The molecule has 0 saturated carbocycles. The number of hydrogen-bond acceptors (Lipinski definition) is 4. The van der Waals surface area contributed by atoms with Gasteiger partial charge in [-0.3, -0.25) is 4.98 Å². The van der Waals surface area contributed by atoms with Gasteiger partial charge in [-0.2, -0.15) is 0 Å². The number of esters is 1. The number of carbonyl (C=O) groups excluding carboxylic acids is 1. The van der Waals surface area contributed by atoms with Crippen molar-refractivity contribution in [3.05, 3.63) is 30.1 Å². The van der Waals surface area contributed by atoms with Crippen LogP contribution in [0.3, 0.4) is 0 Å². The van der Waals surface area contributed by atoms with Gasteiger partial charge in [0.05, 0.1) is 12.2 Å². The molecule has 0 N–H and O–H groups in total. The summed E-state index contributed by atoms with van der Waals surface area (Å²) in [7, 11) is 0. The molecule has 68 valence electrons. The van der Waals surface area contributed by atoms with E-state index in [0.29, 0.717) is 18.8 Å². The average Bonchev–Trinajstić information content (AvgIpc) is 2.99. The largest absolute Gasteiger partial charge is 0.459 e. The maximum atomic E-state index is 11.3. The summed E-state index contributed by atoms with van der Waals surface area (Å²) in [6.45, 7) is 1.05. The number of epoxide rings is 1. The summed E-state index contributed by atoms with van der Waals surface area (Å²) < 4.78 is 9.87. The number of carbonyl (C=O) groups is 1. The maximum absolute atomic E-state index is 11.3. The summed E-state index contributed by atoms with van der Waals surface area (Å²) in [5.74, 6) is -0.321. The molecule has 0 radical (unpaired) electrons. The minimum absolute atomic E-state index is 0.116. The molecule has 1 atom stereocenters. The third-order valence-electron chi connectivity index (χ3n) is 1.72. The quantitative estimate of drug-likeness (QED) is 0.504. The standard InChI is InChI=1S/C9H9NO3/c11-9(13-6-8-5-12-8)7-1-3-10-4-2-7/h1-4,8H,5-6H2/t8-/m1/s1. The van der Waals surface area contributed by atoms with E-state index in [1.165, 1.54) is 0 Å². The van der Waals surface area contributed by atoms with Crippen LogP contribution < -0.4 is 0 Å². The summed E-state index contributed by atoms with van der Waals surface area (Å²) in [4.78, 5) is 15.1.